The van der Waals surface area contributed by atoms with Crippen molar-refractivity contribution >= 4 is 27.5 Å². The van der Waals surface area contributed by atoms with Crippen molar-refractivity contribution in [3.63, 3.8) is 0 Å². The third kappa shape index (κ3) is 17.7. The molecule has 0 fully saturated rings. The molecule has 0 aromatic heterocycles. The normalized spacial score (nSPS) is 14.3. The fraction of sp³-hybridized carbons (Fsp3) is 0.333. The summed E-state index contributed by atoms with van der Waals surface area (Å²) in [4.78, 5) is 0. The van der Waals surface area contributed by atoms with Gasteiger partial charge in [-0.1, -0.05) is 43.9 Å². The first kappa shape index (κ1) is 25.6. The van der Waals surface area contributed by atoms with E-state index in [0.717, 1.165) is 12.4 Å². The fourth-order valence-electron chi connectivity index (χ4n) is 1.99. The molecule has 2 aromatic rings. The zero-order valence-corrected chi connectivity index (χ0v) is 21.5. The second-order valence-electron chi connectivity index (χ2n) is 7.31. The summed E-state index contributed by atoms with van der Waals surface area (Å²) in [6, 6.07) is 20.7. The minimum absolute atomic E-state index is 0.0667. The van der Waals surface area contributed by atoms with E-state index in [1.165, 1.54) is 19.6 Å². The van der Waals surface area contributed by atoms with Crippen LogP contribution in [0.3, 0.4) is 0 Å². The molecule has 0 saturated carbocycles. The summed E-state index contributed by atoms with van der Waals surface area (Å²) < 4.78 is 68.3. The molecule has 28 heavy (non-hydrogen) atoms. The van der Waals surface area contributed by atoms with Gasteiger partial charge in [0.1, 0.15) is 5.75 Å². The molecule has 0 aliphatic carbocycles. The van der Waals surface area contributed by atoms with E-state index in [0.29, 0.717) is 0 Å². The van der Waals surface area contributed by atoms with Crippen LogP contribution in [0, 0.1) is 7.14 Å². The topological polar surface area (TPSA) is 9.23 Å². The molecular weight excluding hydrogens is 623 g/mol. The Balaban J connectivity index is 0.000000480. The second kappa shape index (κ2) is 9.16. The SMILES string of the molecule is C[Si](C)(C)CCCOc1ccc([I+]c2ccccc2)cc1.[F][Sb-]([F])([F])([F])([F])[F]. The Kier molecular flexibility index (Phi) is 8.38. The van der Waals surface area contributed by atoms with Gasteiger partial charge in [0.25, 0.3) is 0 Å². The Morgan fingerprint density at radius 3 is 1.71 bits per heavy atom. The molecule has 0 N–H and O–H groups in total. The molecule has 0 amide bonds. The van der Waals surface area contributed by atoms with E-state index in [-0.39, 0.29) is 21.2 Å². The number of hydrogen-bond acceptors (Lipinski definition) is 1. The number of hydrogen-bond donors (Lipinski definition) is 0. The Labute approximate surface area is 175 Å². The molecule has 0 unspecified atom stereocenters. The number of benzene rings is 2. The first-order valence-corrected chi connectivity index (χ1v) is 20.1. The average molecular weight is 647 g/mol. The summed E-state index contributed by atoms with van der Waals surface area (Å²) in [5, 5.41) is 0. The minimum atomic E-state index is -11.2. The molecule has 0 spiro atoms. The van der Waals surface area contributed by atoms with Gasteiger partial charge in [0, 0.05) is 8.07 Å². The van der Waals surface area contributed by atoms with E-state index in [9.17, 15) is 16.9 Å². The van der Waals surface area contributed by atoms with Crippen LogP contribution in [0.5, 0.6) is 5.75 Å². The quantitative estimate of drug-likeness (QED) is 0.191. The van der Waals surface area contributed by atoms with Crippen LogP contribution in [0.25, 0.3) is 0 Å². The zero-order chi connectivity index (χ0) is 21.5. The molecule has 2 rings (SSSR count). The van der Waals surface area contributed by atoms with Crippen LogP contribution in [0.2, 0.25) is 25.7 Å². The number of halogens is 7. The summed E-state index contributed by atoms with van der Waals surface area (Å²) >= 11 is -11.3. The molecule has 160 valence electrons. The van der Waals surface area contributed by atoms with E-state index in [4.69, 9.17) is 4.74 Å². The first-order chi connectivity index (χ1) is 12.5. The first-order valence-electron chi connectivity index (χ1n) is 8.47. The van der Waals surface area contributed by atoms with Crippen LogP contribution in [0.1, 0.15) is 6.42 Å². The number of rotatable bonds is 7. The second-order valence-corrected chi connectivity index (χ2v) is 21.4. The van der Waals surface area contributed by atoms with Crippen molar-refractivity contribution in [3.8, 4) is 5.75 Å². The van der Waals surface area contributed by atoms with E-state index >= 15 is 0 Å². The van der Waals surface area contributed by atoms with Gasteiger partial charge in [-0.25, -0.2) is 0 Å². The maximum atomic E-state index is 9.93. The molecule has 0 heterocycles. The zero-order valence-electron chi connectivity index (χ0n) is 15.8. The molecule has 0 aliphatic heterocycles. The van der Waals surface area contributed by atoms with E-state index in [1.807, 2.05) is 0 Å². The fourth-order valence-corrected chi connectivity index (χ4v) is 5.41. The molecule has 0 bridgehead atoms. The van der Waals surface area contributed by atoms with Gasteiger partial charge in [0.2, 0.25) is 0 Å². The summed E-state index contributed by atoms with van der Waals surface area (Å²) in [7, 11) is -0.923. The Morgan fingerprint density at radius 1 is 0.786 bits per heavy atom. The summed E-state index contributed by atoms with van der Waals surface area (Å²) in [5.41, 5.74) is 0. The van der Waals surface area contributed by atoms with E-state index < -0.39 is 27.5 Å². The number of ether oxygens (including phenoxy) is 1. The Morgan fingerprint density at radius 2 is 1.25 bits per heavy atom. The van der Waals surface area contributed by atoms with Gasteiger partial charge in [-0.2, -0.15) is 0 Å². The van der Waals surface area contributed by atoms with Crippen molar-refractivity contribution in [1.29, 1.82) is 0 Å². The van der Waals surface area contributed by atoms with Crippen LogP contribution in [0.15, 0.2) is 54.6 Å². The summed E-state index contributed by atoms with van der Waals surface area (Å²) in [5.74, 6) is 1.01. The van der Waals surface area contributed by atoms with Crippen molar-refractivity contribution in [2.75, 3.05) is 6.61 Å². The van der Waals surface area contributed by atoms with Crippen molar-refractivity contribution in [2.45, 2.75) is 32.1 Å². The molecule has 0 aliphatic rings. The van der Waals surface area contributed by atoms with Crippen LogP contribution in [0.4, 0.5) is 16.9 Å². The molecular formula is C18H24F6IOSbSi. The Hall–Kier alpha value is -0.415. The summed E-state index contributed by atoms with van der Waals surface area (Å²) in [6.45, 7) is 8.08. The van der Waals surface area contributed by atoms with Crippen molar-refractivity contribution < 1.29 is 42.8 Å². The van der Waals surface area contributed by atoms with Gasteiger partial charge in [-0.05, 0) is 42.8 Å². The van der Waals surface area contributed by atoms with Crippen molar-refractivity contribution in [1.82, 2.24) is 0 Å². The summed E-state index contributed by atoms with van der Waals surface area (Å²) in [6.07, 6.45) is 1.18. The van der Waals surface area contributed by atoms with Crippen LogP contribution in [-0.4, -0.2) is 34.2 Å². The predicted octanol–water partition coefficient (Wildman–Crippen LogP) is 4.06. The van der Waals surface area contributed by atoms with Gasteiger partial charge in [-0.15, -0.1) is 0 Å². The van der Waals surface area contributed by atoms with E-state index in [1.54, 1.807) is 0 Å². The van der Waals surface area contributed by atoms with Crippen LogP contribution >= 0.6 is 0 Å². The molecule has 0 radical (unpaired) electrons. The third-order valence-electron chi connectivity index (χ3n) is 3.10. The maximum absolute atomic E-state index is 11.2. The predicted molar refractivity (Wildman–Crippen MR) is 101 cm³/mol. The molecule has 2 aromatic carbocycles. The Bertz CT molecular complexity index is 719. The van der Waals surface area contributed by atoms with E-state index in [2.05, 4.69) is 74.2 Å². The van der Waals surface area contributed by atoms with Gasteiger partial charge >= 0.3 is 57.6 Å². The molecule has 0 saturated heterocycles. The van der Waals surface area contributed by atoms with Gasteiger partial charge in [-0.3, -0.25) is 0 Å². The monoisotopic (exact) mass is 646 g/mol. The van der Waals surface area contributed by atoms with Crippen molar-refractivity contribution in [3.05, 3.63) is 61.7 Å². The molecule has 1 nitrogen and oxygen atoms in total. The third-order valence-corrected chi connectivity index (χ3v) is 7.64. The van der Waals surface area contributed by atoms with Crippen molar-refractivity contribution in [2.24, 2.45) is 0 Å². The standard InChI is InChI=1S/C18H24IOSi.6FH.Sb/c1-21(2,3)15-7-14-20-18-12-10-17(11-13-18)19-16-8-5-4-6-9-16;;;;;;;/h4-6,8-13H,7,14-15H2,1-3H3;6*1H;/q+1;;;;;;;+5/p-6. The van der Waals surface area contributed by atoms with Gasteiger partial charge in [0.05, 0.1) is 6.61 Å². The molecule has 0 atom stereocenters. The van der Waals surface area contributed by atoms with Crippen LogP contribution in [-0.2, 0) is 0 Å². The van der Waals surface area contributed by atoms with Gasteiger partial charge < -0.3 is 4.74 Å². The average Bonchev–Trinajstić information content (AvgIpc) is 2.50. The van der Waals surface area contributed by atoms with Gasteiger partial charge in [0.15, 0.2) is 7.14 Å². The van der Waals surface area contributed by atoms with Crippen LogP contribution < -0.4 is 25.9 Å². The molecule has 10 heteroatoms.